The topological polar surface area (TPSA) is 47.6 Å². The first-order valence-electron chi connectivity index (χ1n) is 10.3. The summed E-state index contributed by atoms with van der Waals surface area (Å²) in [5.74, 6) is 0. The number of amides is 2. The van der Waals surface area contributed by atoms with Crippen molar-refractivity contribution in [1.82, 2.24) is 4.90 Å². The van der Waals surface area contributed by atoms with E-state index in [-0.39, 0.29) is 6.03 Å². The summed E-state index contributed by atoms with van der Waals surface area (Å²) in [6.45, 7) is 2.10. The molecule has 3 aromatic carbocycles. The van der Waals surface area contributed by atoms with Gasteiger partial charge in [0.05, 0.1) is 0 Å². The summed E-state index contributed by atoms with van der Waals surface area (Å²) in [4.78, 5) is 17.1. The Morgan fingerprint density at radius 2 is 1.57 bits per heavy atom. The quantitative estimate of drug-likeness (QED) is 0.624. The molecule has 1 aliphatic heterocycles. The summed E-state index contributed by atoms with van der Waals surface area (Å²) in [6, 6.07) is 26.4. The molecule has 0 saturated carbocycles. The first kappa shape index (κ1) is 20.0. The molecule has 1 fully saturated rings. The van der Waals surface area contributed by atoms with Crippen LogP contribution in [0.15, 0.2) is 78.9 Å². The zero-order chi connectivity index (χ0) is 20.9. The number of hydrogen-bond acceptors (Lipinski definition) is 3. The van der Waals surface area contributed by atoms with Gasteiger partial charge >= 0.3 is 6.03 Å². The Kier molecular flexibility index (Phi) is 6.00. The molecular formula is C25H28N4O. The maximum Gasteiger partial charge on any atom is 0.323 e. The predicted octanol–water partition coefficient (Wildman–Crippen LogP) is 5.14. The highest BCUT2D eigenvalue weighted by Gasteiger charge is 2.23. The van der Waals surface area contributed by atoms with E-state index < -0.39 is 0 Å². The number of anilines is 3. The van der Waals surface area contributed by atoms with E-state index in [1.807, 2.05) is 54.6 Å². The van der Waals surface area contributed by atoms with E-state index in [2.05, 4.69) is 58.8 Å². The molecule has 1 saturated heterocycles. The van der Waals surface area contributed by atoms with Crippen LogP contribution in [0.3, 0.4) is 0 Å². The Hall–Kier alpha value is -3.31. The highest BCUT2D eigenvalue weighted by atomic mass is 16.2. The van der Waals surface area contributed by atoms with Gasteiger partial charge in [-0.15, -0.1) is 0 Å². The summed E-state index contributed by atoms with van der Waals surface area (Å²) in [6.07, 6.45) is 1.18. The van der Waals surface area contributed by atoms with Gasteiger partial charge in [-0.3, -0.25) is 0 Å². The van der Waals surface area contributed by atoms with Gasteiger partial charge in [0.1, 0.15) is 0 Å². The van der Waals surface area contributed by atoms with Crippen molar-refractivity contribution in [1.29, 1.82) is 0 Å². The van der Waals surface area contributed by atoms with Gasteiger partial charge in [0.15, 0.2) is 0 Å². The fraction of sp³-hybridized carbons (Fsp3) is 0.240. The van der Waals surface area contributed by atoms with Crippen LogP contribution in [0.25, 0.3) is 11.1 Å². The number of carbonyl (C=O) groups excluding carboxylic acids is 1. The molecule has 2 amide bonds. The van der Waals surface area contributed by atoms with Crippen LogP contribution >= 0.6 is 0 Å². The fourth-order valence-electron chi connectivity index (χ4n) is 3.85. The summed E-state index contributed by atoms with van der Waals surface area (Å²) in [5, 5.41) is 5.84. The van der Waals surface area contributed by atoms with Crippen molar-refractivity contribution in [3.63, 3.8) is 0 Å². The van der Waals surface area contributed by atoms with Crippen molar-refractivity contribution in [3.8, 4) is 11.1 Å². The molecule has 0 bridgehead atoms. The van der Waals surface area contributed by atoms with E-state index in [9.17, 15) is 4.79 Å². The van der Waals surface area contributed by atoms with E-state index in [1.54, 1.807) is 0 Å². The van der Waals surface area contributed by atoms with Crippen molar-refractivity contribution in [3.05, 3.63) is 78.9 Å². The molecule has 30 heavy (non-hydrogen) atoms. The Morgan fingerprint density at radius 3 is 2.27 bits per heavy atom. The molecule has 1 aliphatic rings. The highest BCUT2D eigenvalue weighted by Crippen LogP contribution is 2.25. The molecule has 0 spiro atoms. The predicted molar refractivity (Wildman–Crippen MR) is 125 cm³/mol. The molecular weight excluding hydrogens is 372 g/mol. The molecule has 154 valence electrons. The third kappa shape index (κ3) is 4.81. The minimum atomic E-state index is -0.248. The zero-order valence-electron chi connectivity index (χ0n) is 17.5. The number of urea groups is 1. The van der Waals surface area contributed by atoms with Crippen LogP contribution in [0.5, 0.6) is 0 Å². The number of rotatable bonds is 5. The molecule has 5 heteroatoms. The Morgan fingerprint density at radius 1 is 0.867 bits per heavy atom. The fourth-order valence-corrected chi connectivity index (χ4v) is 3.85. The van der Waals surface area contributed by atoms with Crippen LogP contribution in [0, 0.1) is 0 Å². The normalized spacial score (nSPS) is 16.0. The molecule has 3 aromatic rings. The smallest absolute Gasteiger partial charge is 0.323 e. The van der Waals surface area contributed by atoms with Crippen LogP contribution in [-0.4, -0.2) is 44.2 Å². The number of hydrogen-bond donors (Lipinski definition) is 2. The second-order valence-electron chi connectivity index (χ2n) is 7.92. The van der Waals surface area contributed by atoms with Crippen LogP contribution in [0.4, 0.5) is 21.9 Å². The summed E-state index contributed by atoms with van der Waals surface area (Å²) < 4.78 is 0. The van der Waals surface area contributed by atoms with Crippen LogP contribution in [0.1, 0.15) is 6.42 Å². The van der Waals surface area contributed by atoms with Crippen LogP contribution < -0.4 is 15.5 Å². The second-order valence-corrected chi connectivity index (χ2v) is 7.92. The number of likely N-dealkylation sites (N-methyl/N-ethyl adjacent to an activating group) is 1. The Balaban J connectivity index is 1.36. The minimum absolute atomic E-state index is 0.248. The monoisotopic (exact) mass is 400 g/mol. The lowest BCUT2D eigenvalue weighted by molar-refractivity contribution is 0.262. The third-order valence-corrected chi connectivity index (χ3v) is 5.61. The molecule has 1 unspecified atom stereocenters. The number of nitrogens with one attached hydrogen (secondary N) is 2. The lowest BCUT2D eigenvalue weighted by Gasteiger charge is -2.22. The van der Waals surface area contributed by atoms with E-state index >= 15 is 0 Å². The first-order chi connectivity index (χ1) is 14.6. The van der Waals surface area contributed by atoms with E-state index in [4.69, 9.17) is 0 Å². The Bertz CT molecular complexity index is 986. The average Bonchev–Trinajstić information content (AvgIpc) is 3.26. The molecule has 1 heterocycles. The van der Waals surface area contributed by atoms with E-state index in [0.717, 1.165) is 35.6 Å². The van der Waals surface area contributed by atoms with Gasteiger partial charge in [0.25, 0.3) is 0 Å². The van der Waals surface area contributed by atoms with Gasteiger partial charge in [0.2, 0.25) is 0 Å². The molecule has 0 radical (unpaired) electrons. The highest BCUT2D eigenvalue weighted by molar-refractivity contribution is 6.00. The molecule has 1 atom stereocenters. The SMILES string of the molecule is CN(C)C1CCN(c2ccc(NC(=O)Nc3cccc(-c4ccccc4)c3)cc2)C1. The lowest BCUT2D eigenvalue weighted by Crippen LogP contribution is -2.31. The zero-order valence-corrected chi connectivity index (χ0v) is 17.5. The summed E-state index contributed by atoms with van der Waals surface area (Å²) in [7, 11) is 4.27. The summed E-state index contributed by atoms with van der Waals surface area (Å²) in [5.41, 5.74) is 4.92. The van der Waals surface area contributed by atoms with Crippen LogP contribution in [0.2, 0.25) is 0 Å². The molecule has 2 N–H and O–H groups in total. The second kappa shape index (κ2) is 9.01. The Labute approximate surface area is 178 Å². The van der Waals surface area contributed by atoms with Crippen molar-refractivity contribution in [2.75, 3.05) is 42.7 Å². The molecule has 5 nitrogen and oxygen atoms in total. The molecule has 0 aliphatic carbocycles. The number of nitrogens with zero attached hydrogens (tertiary/aromatic N) is 2. The third-order valence-electron chi connectivity index (χ3n) is 5.61. The number of benzene rings is 3. The van der Waals surface area contributed by atoms with Gasteiger partial charge in [-0.25, -0.2) is 4.79 Å². The lowest BCUT2D eigenvalue weighted by atomic mass is 10.1. The van der Waals surface area contributed by atoms with Gasteiger partial charge in [-0.05, 0) is 68.0 Å². The maximum absolute atomic E-state index is 12.5. The van der Waals surface area contributed by atoms with Gasteiger partial charge in [0, 0.05) is 36.2 Å². The minimum Gasteiger partial charge on any atom is -0.370 e. The van der Waals surface area contributed by atoms with Crippen molar-refractivity contribution < 1.29 is 4.79 Å². The van der Waals surface area contributed by atoms with Gasteiger partial charge in [-0.1, -0.05) is 42.5 Å². The molecule has 4 rings (SSSR count). The standard InChI is InChI=1S/C25H28N4O/c1-28(2)24-15-16-29(18-24)23-13-11-21(12-14-23)26-25(30)27-22-10-6-9-20(17-22)19-7-4-3-5-8-19/h3-14,17,24H,15-16,18H2,1-2H3,(H2,26,27,30). The maximum atomic E-state index is 12.5. The summed E-state index contributed by atoms with van der Waals surface area (Å²) >= 11 is 0. The van der Waals surface area contributed by atoms with E-state index in [1.165, 1.54) is 12.1 Å². The first-order valence-corrected chi connectivity index (χ1v) is 10.3. The molecule has 0 aromatic heterocycles. The van der Waals surface area contributed by atoms with Crippen LogP contribution in [-0.2, 0) is 0 Å². The van der Waals surface area contributed by atoms with E-state index in [0.29, 0.717) is 6.04 Å². The van der Waals surface area contributed by atoms with Gasteiger partial charge < -0.3 is 20.4 Å². The van der Waals surface area contributed by atoms with Crippen molar-refractivity contribution in [2.45, 2.75) is 12.5 Å². The van der Waals surface area contributed by atoms with Crippen molar-refractivity contribution >= 4 is 23.1 Å². The number of carbonyl (C=O) groups is 1. The average molecular weight is 401 g/mol. The van der Waals surface area contributed by atoms with Crippen molar-refractivity contribution in [2.24, 2.45) is 0 Å². The largest absolute Gasteiger partial charge is 0.370 e. The van der Waals surface area contributed by atoms with Gasteiger partial charge in [-0.2, -0.15) is 0 Å².